The molecule has 0 aliphatic heterocycles. The Labute approximate surface area is 310 Å². The van der Waals surface area contributed by atoms with Gasteiger partial charge in [0.05, 0.1) is 37.1 Å². The largest absolute Gasteiger partial charge is 0.481 e. The summed E-state index contributed by atoms with van der Waals surface area (Å²) in [7, 11) is 0. The Morgan fingerprint density at radius 2 is 0.981 bits per heavy atom. The van der Waals surface area contributed by atoms with Crippen LogP contribution >= 0.6 is 0 Å². The van der Waals surface area contributed by atoms with Crippen molar-refractivity contribution in [2.75, 3.05) is 6.54 Å². The highest BCUT2D eigenvalue weighted by Crippen LogP contribution is 2.16. The molecule has 15 nitrogen and oxygen atoms in total. The maximum atomic E-state index is 13.6. The maximum Gasteiger partial charge on any atom is 0.306 e. The average Bonchev–Trinajstić information content (AvgIpc) is 2.99. The van der Waals surface area contributed by atoms with Gasteiger partial charge in [0.25, 0.3) is 0 Å². The van der Waals surface area contributed by atoms with Crippen LogP contribution < -0.4 is 32.3 Å². The molecule has 0 heterocycles. The van der Waals surface area contributed by atoms with Crippen molar-refractivity contribution in [1.82, 2.24) is 26.6 Å². The smallest absolute Gasteiger partial charge is 0.306 e. The van der Waals surface area contributed by atoms with E-state index < -0.39 is 84.9 Å². The Morgan fingerprint density at radius 3 is 1.42 bits per heavy atom. The van der Waals surface area contributed by atoms with Gasteiger partial charge in [0.15, 0.2) is 0 Å². The fourth-order valence-corrected chi connectivity index (χ4v) is 5.78. The highest BCUT2D eigenvalue weighted by Gasteiger charge is 2.34. The number of rotatable bonds is 26. The zero-order valence-electron chi connectivity index (χ0n) is 33.2. The minimum absolute atomic E-state index is 0.00139. The molecule has 0 aliphatic rings. The Bertz CT molecular complexity index is 1130. The molecule has 0 aromatic carbocycles. The summed E-state index contributed by atoms with van der Waals surface area (Å²) in [5.41, 5.74) is 5.64. The van der Waals surface area contributed by atoms with Gasteiger partial charge in [-0.05, 0) is 68.2 Å². The van der Waals surface area contributed by atoms with Crippen molar-refractivity contribution in [2.24, 2.45) is 35.3 Å². The summed E-state index contributed by atoms with van der Waals surface area (Å²) >= 11 is 0. The van der Waals surface area contributed by atoms with Crippen molar-refractivity contribution in [3.05, 3.63) is 0 Å². The van der Waals surface area contributed by atoms with Crippen molar-refractivity contribution in [2.45, 2.75) is 163 Å². The summed E-state index contributed by atoms with van der Waals surface area (Å²) < 4.78 is 0. The molecule has 0 saturated heterocycles. The van der Waals surface area contributed by atoms with Crippen LogP contribution in [0.1, 0.15) is 121 Å². The number of nitrogens with two attached hydrogens (primary N) is 1. The van der Waals surface area contributed by atoms with Crippen LogP contribution in [-0.4, -0.2) is 99.8 Å². The van der Waals surface area contributed by atoms with Crippen molar-refractivity contribution in [3.63, 3.8) is 0 Å². The van der Waals surface area contributed by atoms with Crippen LogP contribution in [0, 0.1) is 29.6 Å². The Morgan fingerprint density at radius 1 is 0.538 bits per heavy atom. The molecule has 0 saturated carbocycles. The number of unbranched alkanes of at least 4 members (excludes halogenated alkanes) is 1. The van der Waals surface area contributed by atoms with E-state index in [4.69, 9.17) is 5.73 Å². The van der Waals surface area contributed by atoms with Gasteiger partial charge in [0.2, 0.25) is 29.5 Å². The van der Waals surface area contributed by atoms with Crippen molar-refractivity contribution in [1.29, 1.82) is 0 Å². The number of aliphatic hydroxyl groups is 2. The van der Waals surface area contributed by atoms with E-state index in [2.05, 4.69) is 26.6 Å². The Balaban J connectivity index is 5.93. The first-order chi connectivity index (χ1) is 24.1. The van der Waals surface area contributed by atoms with Gasteiger partial charge in [-0.2, -0.15) is 0 Å². The number of hydrogen-bond acceptors (Lipinski definition) is 9. The molecule has 52 heavy (non-hydrogen) atoms. The van der Waals surface area contributed by atoms with Gasteiger partial charge in [0, 0.05) is 6.42 Å². The van der Waals surface area contributed by atoms with Crippen molar-refractivity contribution >= 4 is 35.5 Å². The van der Waals surface area contributed by atoms with Crippen LogP contribution in [0.4, 0.5) is 0 Å². The lowest BCUT2D eigenvalue weighted by atomic mass is 9.95. The SMILES string of the molecule is CC(C)CC(=O)N[C@H](C(=O)N[C@H](C(=O)N[C@@H](CC(C)C)[C@@H](O)CC(=O)N[C@@H](CCCCN)C(=O)N[C@@H](CC(C)C)[C@@H](O)CC(=O)O)C(C)C)C(C)C. The standard InChI is InChI=1S/C37H70N6O9/c1-20(2)15-26(41-36(51)34(24(9)10)43-37(52)33(23(7)8)42-30(46)17-22(5)6)28(44)18-31(47)39-25(13-11-12-14-38)35(50)40-27(16-21(3)4)29(45)19-32(48)49/h20-29,33-34,44-45H,11-19,38H2,1-10H3,(H,39,47)(H,40,50)(H,41,51)(H,42,46)(H,43,52)(H,48,49)/t25-,26-,27-,28-,29-,33-,34-/m0/s1. The number of aliphatic carboxylic acids is 1. The molecule has 0 spiro atoms. The Kier molecular flexibility index (Phi) is 23.3. The number of amides is 5. The summed E-state index contributed by atoms with van der Waals surface area (Å²) in [4.78, 5) is 77.4. The number of carbonyl (C=O) groups is 6. The minimum atomic E-state index is -1.35. The van der Waals surface area contributed by atoms with E-state index in [1.807, 2.05) is 41.5 Å². The Hall–Kier alpha value is -3.30. The summed E-state index contributed by atoms with van der Waals surface area (Å²) in [5, 5.41) is 44.7. The van der Waals surface area contributed by atoms with Crippen LogP contribution in [0.15, 0.2) is 0 Å². The molecule has 302 valence electrons. The molecule has 0 unspecified atom stereocenters. The molecule has 0 aromatic heterocycles. The van der Waals surface area contributed by atoms with Crippen LogP contribution in [0.3, 0.4) is 0 Å². The summed E-state index contributed by atoms with van der Waals surface area (Å²) in [6.07, 6.45) is -1.56. The molecule has 10 N–H and O–H groups in total. The van der Waals surface area contributed by atoms with Crippen molar-refractivity contribution in [3.8, 4) is 0 Å². The van der Waals surface area contributed by atoms with Crippen LogP contribution in [0.5, 0.6) is 0 Å². The van der Waals surface area contributed by atoms with Crippen molar-refractivity contribution < 1.29 is 44.1 Å². The molecule has 0 bridgehead atoms. The van der Waals surface area contributed by atoms with Gasteiger partial charge < -0.3 is 47.6 Å². The van der Waals surface area contributed by atoms with E-state index in [0.29, 0.717) is 32.2 Å². The number of aliphatic hydroxyl groups excluding tert-OH is 2. The van der Waals surface area contributed by atoms with Gasteiger partial charge in [-0.15, -0.1) is 0 Å². The van der Waals surface area contributed by atoms with Gasteiger partial charge in [0.1, 0.15) is 18.1 Å². The van der Waals surface area contributed by atoms with Gasteiger partial charge in [-0.3, -0.25) is 28.8 Å². The first kappa shape index (κ1) is 48.7. The van der Waals surface area contributed by atoms with Gasteiger partial charge in [-0.1, -0.05) is 69.2 Å². The lowest BCUT2D eigenvalue weighted by Gasteiger charge is -2.31. The van der Waals surface area contributed by atoms with E-state index in [1.165, 1.54) is 0 Å². The number of carboxylic acids is 1. The topological polar surface area (TPSA) is 249 Å². The summed E-state index contributed by atoms with van der Waals surface area (Å²) in [6.45, 7) is 18.8. The molecule has 0 aliphatic carbocycles. The van der Waals surface area contributed by atoms with E-state index in [1.54, 1.807) is 27.7 Å². The molecule has 15 heteroatoms. The third kappa shape index (κ3) is 20.1. The van der Waals surface area contributed by atoms with Crippen LogP contribution in [0.25, 0.3) is 0 Å². The third-order valence-corrected chi connectivity index (χ3v) is 8.52. The number of carboxylic acid groups (broad SMARTS) is 1. The predicted octanol–water partition coefficient (Wildman–Crippen LogP) is 1.58. The number of nitrogens with one attached hydrogen (secondary N) is 5. The highest BCUT2D eigenvalue weighted by atomic mass is 16.4. The molecule has 0 rings (SSSR count). The maximum absolute atomic E-state index is 13.6. The fraction of sp³-hybridized carbons (Fsp3) is 0.838. The first-order valence-corrected chi connectivity index (χ1v) is 18.9. The monoisotopic (exact) mass is 743 g/mol. The molecule has 5 amide bonds. The average molecular weight is 743 g/mol. The second-order valence-electron chi connectivity index (χ2n) is 15.9. The van der Waals surface area contributed by atoms with E-state index in [9.17, 15) is 44.1 Å². The molecule has 0 radical (unpaired) electrons. The highest BCUT2D eigenvalue weighted by molar-refractivity contribution is 5.92. The zero-order chi connectivity index (χ0) is 40.3. The van der Waals surface area contributed by atoms with Gasteiger partial charge >= 0.3 is 5.97 Å². The van der Waals surface area contributed by atoms with Crippen LogP contribution in [0.2, 0.25) is 0 Å². The van der Waals surface area contributed by atoms with E-state index in [0.717, 1.165) is 0 Å². The zero-order valence-corrected chi connectivity index (χ0v) is 33.2. The third-order valence-electron chi connectivity index (χ3n) is 8.52. The number of hydrogen-bond donors (Lipinski definition) is 9. The minimum Gasteiger partial charge on any atom is -0.481 e. The molecular formula is C37H70N6O9. The normalized spacial score (nSPS) is 15.8. The molecule has 7 atom stereocenters. The molecular weight excluding hydrogens is 672 g/mol. The quantitative estimate of drug-likeness (QED) is 0.0579. The van der Waals surface area contributed by atoms with E-state index in [-0.39, 0.29) is 48.3 Å². The lowest BCUT2D eigenvalue weighted by molar-refractivity contribution is -0.140. The lowest BCUT2D eigenvalue weighted by Crippen LogP contribution is -2.59. The first-order valence-electron chi connectivity index (χ1n) is 18.9. The second kappa shape index (κ2) is 24.9. The molecule has 0 fully saturated rings. The second-order valence-corrected chi connectivity index (χ2v) is 15.9. The summed E-state index contributed by atoms with van der Waals surface area (Å²) in [6, 6.07) is -4.66. The number of carbonyl (C=O) groups excluding carboxylic acids is 5. The predicted molar refractivity (Wildman–Crippen MR) is 199 cm³/mol. The fourth-order valence-electron chi connectivity index (χ4n) is 5.78. The van der Waals surface area contributed by atoms with E-state index >= 15 is 0 Å². The van der Waals surface area contributed by atoms with Gasteiger partial charge in [-0.25, -0.2) is 0 Å². The summed E-state index contributed by atoms with van der Waals surface area (Å²) in [5.74, 6) is -4.28. The molecule has 0 aromatic rings. The van der Waals surface area contributed by atoms with Crippen LogP contribution in [-0.2, 0) is 28.8 Å².